The molecule has 3 rings (SSSR count). The number of anilines is 1. The minimum atomic E-state index is 0.342. The Balaban J connectivity index is 1.62. The van der Waals surface area contributed by atoms with Crippen molar-refractivity contribution in [3.63, 3.8) is 0 Å². The molecule has 2 aromatic rings. The summed E-state index contributed by atoms with van der Waals surface area (Å²) in [5.41, 5.74) is 2.58. The molecule has 0 bridgehead atoms. The van der Waals surface area contributed by atoms with Gasteiger partial charge < -0.3 is 24.8 Å². The van der Waals surface area contributed by atoms with E-state index >= 15 is 0 Å². The molecular weight excluding hydrogens is 390 g/mol. The molecule has 1 unspecified atom stereocenters. The van der Waals surface area contributed by atoms with Crippen LogP contribution in [0, 0.1) is 13.8 Å². The number of aromatic nitrogens is 3. The summed E-state index contributed by atoms with van der Waals surface area (Å²) in [6, 6.07) is 9.14. The van der Waals surface area contributed by atoms with Crippen LogP contribution in [0.25, 0.3) is 0 Å². The smallest absolute Gasteiger partial charge is 0.191 e. The summed E-state index contributed by atoms with van der Waals surface area (Å²) in [4.78, 5) is 7.26. The van der Waals surface area contributed by atoms with Gasteiger partial charge in [-0.2, -0.15) is 0 Å². The quantitative estimate of drug-likeness (QED) is 0.364. The molecule has 1 aromatic carbocycles. The molecule has 31 heavy (non-hydrogen) atoms. The highest BCUT2D eigenvalue weighted by Crippen LogP contribution is 2.20. The molecule has 1 saturated heterocycles. The fraction of sp³-hybridized carbons (Fsp3) is 0.609. The van der Waals surface area contributed by atoms with Gasteiger partial charge in [-0.3, -0.25) is 0 Å². The summed E-state index contributed by atoms with van der Waals surface area (Å²) in [6.07, 6.45) is 3.23. The number of hydrogen-bond acceptors (Lipinski definition) is 5. The molecule has 1 aliphatic rings. The van der Waals surface area contributed by atoms with Crippen molar-refractivity contribution in [1.29, 1.82) is 0 Å². The van der Waals surface area contributed by atoms with Crippen molar-refractivity contribution in [3.05, 3.63) is 41.5 Å². The van der Waals surface area contributed by atoms with E-state index in [1.807, 2.05) is 25.5 Å². The van der Waals surface area contributed by atoms with Crippen molar-refractivity contribution in [3.8, 4) is 0 Å². The zero-order chi connectivity index (χ0) is 22.1. The number of ether oxygens (including phenoxy) is 1. The molecule has 1 aliphatic heterocycles. The first-order valence-corrected chi connectivity index (χ1v) is 11.4. The third kappa shape index (κ3) is 6.95. The molecule has 2 heterocycles. The largest absolute Gasteiger partial charge is 0.382 e. The Kier molecular flexibility index (Phi) is 8.70. The number of benzene rings is 1. The Labute approximate surface area is 186 Å². The highest BCUT2D eigenvalue weighted by atomic mass is 16.5. The number of rotatable bonds is 9. The molecule has 1 fully saturated rings. The molecular formula is C23H37N7O. The lowest BCUT2D eigenvalue weighted by atomic mass is 10.0. The lowest BCUT2D eigenvalue weighted by molar-refractivity contribution is 0.145. The lowest BCUT2D eigenvalue weighted by Gasteiger charge is -2.35. The van der Waals surface area contributed by atoms with E-state index in [1.54, 1.807) is 0 Å². The van der Waals surface area contributed by atoms with Gasteiger partial charge in [-0.25, -0.2) is 4.99 Å². The van der Waals surface area contributed by atoms with Crippen LogP contribution in [0.1, 0.15) is 43.4 Å². The van der Waals surface area contributed by atoms with Gasteiger partial charge in [-0.15, -0.1) is 10.2 Å². The second-order valence-corrected chi connectivity index (χ2v) is 8.13. The predicted octanol–water partition coefficient (Wildman–Crippen LogP) is 2.56. The fourth-order valence-corrected chi connectivity index (χ4v) is 3.69. The second kappa shape index (κ2) is 11.7. The lowest BCUT2D eigenvalue weighted by Crippen LogP contribution is -2.51. The van der Waals surface area contributed by atoms with Gasteiger partial charge in [-0.1, -0.05) is 17.7 Å². The van der Waals surface area contributed by atoms with Crippen LogP contribution in [0.3, 0.4) is 0 Å². The molecule has 0 radical (unpaired) electrons. The minimum Gasteiger partial charge on any atom is -0.382 e. The van der Waals surface area contributed by atoms with Crippen LogP contribution >= 0.6 is 0 Å². The fourth-order valence-electron chi connectivity index (χ4n) is 3.69. The van der Waals surface area contributed by atoms with E-state index in [-0.39, 0.29) is 0 Å². The van der Waals surface area contributed by atoms with Gasteiger partial charge in [0, 0.05) is 51.6 Å². The topological polar surface area (TPSA) is 79.6 Å². The molecule has 1 aromatic heterocycles. The van der Waals surface area contributed by atoms with Crippen molar-refractivity contribution in [2.24, 2.45) is 12.0 Å². The summed E-state index contributed by atoms with van der Waals surface area (Å²) in [6.45, 7) is 11.0. The molecule has 8 heteroatoms. The normalized spacial score (nSPS) is 17.1. The van der Waals surface area contributed by atoms with E-state index in [0.717, 1.165) is 69.7 Å². The van der Waals surface area contributed by atoms with Gasteiger partial charge in [0.25, 0.3) is 0 Å². The van der Waals surface area contributed by atoms with Gasteiger partial charge in [-0.05, 0) is 52.2 Å². The number of aryl methyl sites for hydroxylation is 2. The average Bonchev–Trinajstić information content (AvgIpc) is 3.10. The van der Waals surface area contributed by atoms with E-state index in [1.165, 1.54) is 11.3 Å². The number of hydrogen-bond donors (Lipinski definition) is 2. The zero-order valence-corrected chi connectivity index (χ0v) is 19.4. The van der Waals surface area contributed by atoms with E-state index in [0.29, 0.717) is 12.6 Å². The maximum absolute atomic E-state index is 5.46. The van der Waals surface area contributed by atoms with E-state index in [4.69, 9.17) is 9.73 Å². The van der Waals surface area contributed by atoms with Crippen molar-refractivity contribution < 1.29 is 4.74 Å². The van der Waals surface area contributed by atoms with Gasteiger partial charge >= 0.3 is 0 Å². The van der Waals surface area contributed by atoms with Gasteiger partial charge in [0.2, 0.25) is 0 Å². The van der Waals surface area contributed by atoms with Crippen LogP contribution in [0.15, 0.2) is 29.3 Å². The standard InChI is InChI=1S/C23H37N7O/c1-5-31-15-7-13-24-23(25-16-22-28-27-19(3)29(22)4)26-20-8-6-14-30(17-20)21-11-9-18(2)10-12-21/h9-12,20H,5-8,13-17H2,1-4H3,(H2,24,25,26). The average molecular weight is 428 g/mol. The maximum Gasteiger partial charge on any atom is 0.191 e. The van der Waals surface area contributed by atoms with Crippen LogP contribution in [0.5, 0.6) is 0 Å². The SMILES string of the molecule is CCOCCCNC(=NCc1nnc(C)n1C)NC1CCCN(c2ccc(C)cc2)C1. The highest BCUT2D eigenvalue weighted by Gasteiger charge is 2.21. The van der Waals surface area contributed by atoms with E-state index < -0.39 is 0 Å². The van der Waals surface area contributed by atoms with Crippen LogP contribution in [0.4, 0.5) is 5.69 Å². The summed E-state index contributed by atoms with van der Waals surface area (Å²) in [7, 11) is 1.98. The molecule has 8 nitrogen and oxygen atoms in total. The van der Waals surface area contributed by atoms with Crippen LogP contribution in [-0.2, 0) is 18.3 Å². The number of nitrogens with one attached hydrogen (secondary N) is 2. The monoisotopic (exact) mass is 427 g/mol. The van der Waals surface area contributed by atoms with Crippen LogP contribution < -0.4 is 15.5 Å². The maximum atomic E-state index is 5.46. The summed E-state index contributed by atoms with van der Waals surface area (Å²) in [5, 5.41) is 15.5. The van der Waals surface area contributed by atoms with Crippen LogP contribution in [-0.4, -0.2) is 59.6 Å². The third-order valence-corrected chi connectivity index (χ3v) is 5.68. The molecule has 0 aliphatic carbocycles. The number of piperidine rings is 1. The molecule has 0 amide bonds. The Hall–Kier alpha value is -2.61. The molecule has 2 N–H and O–H groups in total. The Morgan fingerprint density at radius 3 is 2.74 bits per heavy atom. The van der Waals surface area contributed by atoms with Gasteiger partial charge in [0.05, 0.1) is 0 Å². The van der Waals surface area contributed by atoms with Crippen molar-refractivity contribution in [1.82, 2.24) is 25.4 Å². The predicted molar refractivity (Wildman–Crippen MR) is 126 cm³/mol. The molecule has 0 spiro atoms. The Morgan fingerprint density at radius 1 is 1.23 bits per heavy atom. The summed E-state index contributed by atoms with van der Waals surface area (Å²) >= 11 is 0. The molecule has 0 saturated carbocycles. The second-order valence-electron chi connectivity index (χ2n) is 8.13. The third-order valence-electron chi connectivity index (χ3n) is 5.68. The first-order valence-electron chi connectivity index (χ1n) is 11.4. The highest BCUT2D eigenvalue weighted by molar-refractivity contribution is 5.80. The minimum absolute atomic E-state index is 0.342. The zero-order valence-electron chi connectivity index (χ0n) is 19.4. The first-order chi connectivity index (χ1) is 15.1. The Morgan fingerprint density at radius 2 is 2.03 bits per heavy atom. The first kappa shape index (κ1) is 23.1. The van der Waals surface area contributed by atoms with Crippen molar-refractivity contribution in [2.45, 2.75) is 52.6 Å². The van der Waals surface area contributed by atoms with E-state index in [9.17, 15) is 0 Å². The molecule has 170 valence electrons. The van der Waals surface area contributed by atoms with E-state index in [2.05, 4.69) is 56.9 Å². The number of guanidine groups is 1. The number of aliphatic imine (C=N–C) groups is 1. The van der Waals surface area contributed by atoms with Crippen molar-refractivity contribution >= 4 is 11.6 Å². The van der Waals surface area contributed by atoms with Gasteiger partial charge in [0.15, 0.2) is 11.8 Å². The molecule has 1 atom stereocenters. The number of nitrogens with zero attached hydrogens (tertiary/aromatic N) is 5. The Bertz CT molecular complexity index is 831. The van der Waals surface area contributed by atoms with Crippen LogP contribution in [0.2, 0.25) is 0 Å². The van der Waals surface area contributed by atoms with Gasteiger partial charge in [0.1, 0.15) is 12.4 Å². The summed E-state index contributed by atoms with van der Waals surface area (Å²) < 4.78 is 7.44. The summed E-state index contributed by atoms with van der Waals surface area (Å²) in [5.74, 6) is 2.58. The van der Waals surface area contributed by atoms with Crippen molar-refractivity contribution in [2.75, 3.05) is 37.7 Å².